The Morgan fingerprint density at radius 1 is 1.70 bits per heavy atom. The number of aliphatic carboxylic acids is 1. The van der Waals surface area contributed by atoms with Crippen molar-refractivity contribution in [2.75, 3.05) is 6.54 Å². The lowest BCUT2D eigenvalue weighted by Gasteiger charge is -2.08. The number of carbonyl (C=O) groups is 2. The van der Waals surface area contributed by atoms with Crippen molar-refractivity contribution >= 4 is 11.9 Å². The third-order valence-electron chi connectivity index (χ3n) is 0.911. The molecule has 0 aliphatic rings. The van der Waals surface area contributed by atoms with Gasteiger partial charge in [-0.15, -0.1) is 0 Å². The predicted octanol–water partition coefficient (Wildman–Crippen LogP) is -1.47. The summed E-state index contributed by atoms with van der Waals surface area (Å²) in [4.78, 5) is 20.5. The van der Waals surface area contributed by atoms with E-state index in [1.807, 2.05) is 0 Å². The monoisotopic (exact) mass is 146 g/mol. The molecule has 0 aromatic rings. The number of hydrogen-bond acceptors (Lipinski definition) is 3. The molecule has 0 unspecified atom stereocenters. The van der Waals surface area contributed by atoms with Gasteiger partial charge in [-0.3, -0.25) is 4.79 Å². The van der Waals surface area contributed by atoms with Crippen LogP contribution < -0.4 is 11.1 Å². The first-order chi connectivity index (χ1) is 4.57. The van der Waals surface area contributed by atoms with Crippen LogP contribution in [0.25, 0.3) is 0 Å². The first-order valence-electron chi connectivity index (χ1n) is 2.78. The maximum Gasteiger partial charge on any atom is 0.327 e. The highest BCUT2D eigenvalue weighted by molar-refractivity contribution is 5.82. The van der Waals surface area contributed by atoms with E-state index in [1.165, 1.54) is 6.92 Å². The number of hydrogen-bond donors (Lipinski definition) is 3. The van der Waals surface area contributed by atoms with E-state index in [2.05, 4.69) is 5.32 Å². The fourth-order valence-corrected chi connectivity index (χ4v) is 0.467. The predicted molar refractivity (Wildman–Crippen MR) is 34.3 cm³/mol. The van der Waals surface area contributed by atoms with Crippen LogP contribution in [-0.4, -0.2) is 29.6 Å². The molecule has 0 aliphatic heterocycles. The van der Waals surface area contributed by atoms with Crippen LogP contribution in [0.1, 0.15) is 6.92 Å². The zero-order valence-corrected chi connectivity index (χ0v) is 5.63. The summed E-state index contributed by atoms with van der Waals surface area (Å²) in [5.41, 5.74) is 5.03. The van der Waals surface area contributed by atoms with E-state index < -0.39 is 17.9 Å². The molecule has 10 heavy (non-hydrogen) atoms. The minimum absolute atomic E-state index is 0.0884. The number of carbonyl (C=O) groups excluding carboxylic acids is 1. The first-order valence-corrected chi connectivity index (χ1v) is 2.78. The van der Waals surface area contributed by atoms with Crippen molar-refractivity contribution in [1.29, 1.82) is 0 Å². The highest BCUT2D eigenvalue weighted by atomic mass is 16.4. The highest BCUT2D eigenvalue weighted by Crippen LogP contribution is 1.78. The van der Waals surface area contributed by atoms with E-state index >= 15 is 0 Å². The molecule has 1 atom stereocenters. The molecule has 0 heterocycles. The lowest BCUT2D eigenvalue weighted by atomic mass is 10.3. The van der Waals surface area contributed by atoms with Gasteiger partial charge in [0.2, 0.25) is 5.91 Å². The highest BCUT2D eigenvalue weighted by Gasteiger charge is 2.14. The molecule has 0 bridgehead atoms. The molecule has 5 heteroatoms. The summed E-state index contributed by atoms with van der Waals surface area (Å²) in [5, 5.41) is 10.5. The normalized spacial score (nSPS) is 12.2. The summed E-state index contributed by atoms with van der Waals surface area (Å²) in [6, 6.07) is -0.961. The molecule has 0 rings (SSSR count). The fraction of sp³-hybridized carbons (Fsp3) is 0.600. The molecular weight excluding hydrogens is 136 g/mol. The zero-order valence-electron chi connectivity index (χ0n) is 5.63. The summed E-state index contributed by atoms with van der Waals surface area (Å²) in [7, 11) is 0. The molecular formula is C5H10N2O3. The molecule has 0 spiro atoms. The lowest BCUT2D eigenvalue weighted by molar-refractivity contribution is -0.141. The molecule has 0 radical (unpaired) electrons. The van der Waals surface area contributed by atoms with E-state index in [9.17, 15) is 9.59 Å². The van der Waals surface area contributed by atoms with Gasteiger partial charge in [0.1, 0.15) is 6.04 Å². The summed E-state index contributed by atoms with van der Waals surface area (Å²) in [6.45, 7) is 1.15. The van der Waals surface area contributed by atoms with Crippen LogP contribution in [0.3, 0.4) is 0 Å². The molecule has 1 amide bonds. The van der Waals surface area contributed by atoms with Gasteiger partial charge in [-0.25, -0.2) is 4.79 Å². The van der Waals surface area contributed by atoms with Gasteiger partial charge in [-0.2, -0.15) is 0 Å². The van der Waals surface area contributed by atoms with Gasteiger partial charge in [-0.05, 0) is 0 Å². The van der Waals surface area contributed by atoms with Crippen molar-refractivity contribution in [3.05, 3.63) is 0 Å². The number of nitrogens with two attached hydrogens (primary N) is 1. The average Bonchev–Trinajstić information content (AvgIpc) is 1.81. The third kappa shape index (κ3) is 3.03. The standard InChI is InChI=1S/C5H10N2O3/c1-3(8)7-4(2-6)5(9)10/h4H,2,6H2,1H3,(H,7,8)(H,9,10)/t4-/m0/s1. The van der Waals surface area contributed by atoms with Crippen LogP contribution in [0.4, 0.5) is 0 Å². The van der Waals surface area contributed by atoms with E-state index in [-0.39, 0.29) is 6.54 Å². The number of rotatable bonds is 3. The van der Waals surface area contributed by atoms with Crippen molar-refractivity contribution < 1.29 is 14.7 Å². The van der Waals surface area contributed by atoms with E-state index in [0.29, 0.717) is 0 Å². The van der Waals surface area contributed by atoms with Crippen molar-refractivity contribution in [3.63, 3.8) is 0 Å². The first kappa shape index (κ1) is 8.90. The minimum Gasteiger partial charge on any atom is -0.480 e. The Balaban J connectivity index is 3.83. The molecule has 0 saturated heterocycles. The third-order valence-corrected chi connectivity index (χ3v) is 0.911. The number of carboxylic acids is 1. The van der Waals surface area contributed by atoms with Gasteiger partial charge in [0.05, 0.1) is 0 Å². The van der Waals surface area contributed by atoms with Gasteiger partial charge in [-0.1, -0.05) is 0 Å². The van der Waals surface area contributed by atoms with Gasteiger partial charge >= 0.3 is 5.97 Å². The second kappa shape index (κ2) is 3.84. The van der Waals surface area contributed by atoms with Gasteiger partial charge in [0.15, 0.2) is 0 Å². The van der Waals surface area contributed by atoms with Crippen LogP contribution >= 0.6 is 0 Å². The molecule has 0 fully saturated rings. The molecule has 0 aromatic carbocycles. The molecule has 0 aliphatic carbocycles. The van der Waals surface area contributed by atoms with Crippen molar-refractivity contribution in [2.45, 2.75) is 13.0 Å². The van der Waals surface area contributed by atoms with Crippen LogP contribution in [0, 0.1) is 0 Å². The molecule has 0 aromatic heterocycles. The SMILES string of the molecule is CC(=O)N[C@@H](CN)C(=O)O. The summed E-state index contributed by atoms with van der Waals surface area (Å²) in [5.74, 6) is -1.50. The van der Waals surface area contributed by atoms with E-state index in [0.717, 1.165) is 0 Å². The van der Waals surface area contributed by atoms with Crippen LogP contribution in [0.15, 0.2) is 0 Å². The molecule has 58 valence electrons. The van der Waals surface area contributed by atoms with Crippen LogP contribution in [0.2, 0.25) is 0 Å². The Hall–Kier alpha value is -1.10. The van der Waals surface area contributed by atoms with Crippen LogP contribution in [-0.2, 0) is 9.59 Å². The molecule has 5 nitrogen and oxygen atoms in total. The van der Waals surface area contributed by atoms with E-state index in [1.54, 1.807) is 0 Å². The van der Waals surface area contributed by atoms with Crippen molar-refractivity contribution in [3.8, 4) is 0 Å². The minimum atomic E-state index is -1.11. The Morgan fingerprint density at radius 2 is 2.20 bits per heavy atom. The number of carboxylic acid groups (broad SMARTS) is 1. The second-order valence-corrected chi connectivity index (χ2v) is 1.83. The Bertz CT molecular complexity index is 146. The topological polar surface area (TPSA) is 92.4 Å². The summed E-state index contributed by atoms with van der Waals surface area (Å²) in [6.07, 6.45) is 0. The van der Waals surface area contributed by atoms with Gasteiger partial charge in [0, 0.05) is 13.5 Å². The molecule has 4 N–H and O–H groups in total. The number of amides is 1. The number of nitrogens with one attached hydrogen (secondary N) is 1. The maximum atomic E-state index is 10.3. The maximum absolute atomic E-state index is 10.3. The molecule has 0 saturated carbocycles. The Morgan fingerprint density at radius 3 is 2.30 bits per heavy atom. The van der Waals surface area contributed by atoms with Crippen LogP contribution in [0.5, 0.6) is 0 Å². The second-order valence-electron chi connectivity index (χ2n) is 1.83. The van der Waals surface area contributed by atoms with E-state index in [4.69, 9.17) is 10.8 Å². The summed E-state index contributed by atoms with van der Waals surface area (Å²) >= 11 is 0. The quantitative estimate of drug-likeness (QED) is 0.453. The zero-order chi connectivity index (χ0) is 8.15. The van der Waals surface area contributed by atoms with Crippen molar-refractivity contribution in [2.24, 2.45) is 5.73 Å². The summed E-state index contributed by atoms with van der Waals surface area (Å²) < 4.78 is 0. The largest absolute Gasteiger partial charge is 0.480 e. The van der Waals surface area contributed by atoms with Gasteiger partial charge < -0.3 is 16.2 Å². The smallest absolute Gasteiger partial charge is 0.327 e. The average molecular weight is 146 g/mol. The fourth-order valence-electron chi connectivity index (χ4n) is 0.467. The van der Waals surface area contributed by atoms with Crippen molar-refractivity contribution in [1.82, 2.24) is 5.32 Å². The Kier molecular flexibility index (Phi) is 3.42. The Labute approximate surface area is 58.2 Å². The lowest BCUT2D eigenvalue weighted by Crippen LogP contribution is -2.44. The van der Waals surface area contributed by atoms with Gasteiger partial charge in [0.25, 0.3) is 0 Å².